The topological polar surface area (TPSA) is 49.4 Å². The zero-order chi connectivity index (χ0) is 21.4. The van der Waals surface area contributed by atoms with Crippen LogP contribution in [0.4, 0.5) is 0 Å². The highest BCUT2D eigenvalue weighted by molar-refractivity contribution is 7.99. The smallest absolute Gasteiger partial charge is 0.242 e. The lowest BCUT2D eigenvalue weighted by atomic mass is 10.1. The van der Waals surface area contributed by atoms with Crippen molar-refractivity contribution in [3.63, 3.8) is 0 Å². The van der Waals surface area contributed by atoms with E-state index in [2.05, 4.69) is 5.32 Å². The van der Waals surface area contributed by atoms with Gasteiger partial charge in [-0.15, -0.1) is 11.8 Å². The first kappa shape index (κ1) is 23.9. The molecule has 2 amide bonds. The van der Waals surface area contributed by atoms with Gasteiger partial charge in [0.25, 0.3) is 0 Å². The fourth-order valence-corrected chi connectivity index (χ4v) is 4.59. The number of thioether (sulfide) groups is 1. The second-order valence-corrected chi connectivity index (χ2v) is 8.65. The van der Waals surface area contributed by atoms with Crippen molar-refractivity contribution >= 4 is 58.4 Å². The highest BCUT2D eigenvalue weighted by atomic mass is 35.5. The Hall–Kier alpha value is -1.40. The number of amides is 2. The summed E-state index contributed by atoms with van der Waals surface area (Å²) in [6, 6.07) is 12.0. The Balaban J connectivity index is 2.10. The van der Waals surface area contributed by atoms with Crippen LogP contribution in [0.2, 0.25) is 15.1 Å². The van der Waals surface area contributed by atoms with Gasteiger partial charge in [-0.3, -0.25) is 9.59 Å². The first-order valence-electron chi connectivity index (χ1n) is 9.15. The lowest BCUT2D eigenvalue weighted by Crippen LogP contribution is -2.48. The lowest BCUT2D eigenvalue weighted by molar-refractivity contribution is -0.138. The molecule has 156 valence electrons. The Labute approximate surface area is 190 Å². The maximum Gasteiger partial charge on any atom is 0.242 e. The van der Waals surface area contributed by atoms with Crippen LogP contribution in [0.25, 0.3) is 0 Å². The Morgan fingerprint density at radius 3 is 2.38 bits per heavy atom. The van der Waals surface area contributed by atoms with Gasteiger partial charge in [0.2, 0.25) is 11.8 Å². The van der Waals surface area contributed by atoms with Gasteiger partial charge in [-0.2, -0.15) is 0 Å². The minimum Gasteiger partial charge on any atom is -0.355 e. The monoisotopic (exact) mass is 472 g/mol. The predicted octanol–water partition coefficient (Wildman–Crippen LogP) is 5.43. The van der Waals surface area contributed by atoms with Crippen LogP contribution in [0.15, 0.2) is 42.5 Å². The molecule has 0 aliphatic carbocycles. The van der Waals surface area contributed by atoms with Crippen molar-refractivity contribution in [2.24, 2.45) is 0 Å². The molecule has 1 atom stereocenters. The molecular weight excluding hydrogens is 451 g/mol. The normalized spacial score (nSPS) is 11.8. The number of rotatable bonds is 9. The van der Waals surface area contributed by atoms with E-state index in [1.54, 1.807) is 42.2 Å². The number of likely N-dealkylation sites (N-methyl/N-ethyl adjacent to an activating group) is 1. The summed E-state index contributed by atoms with van der Waals surface area (Å²) in [6.45, 7) is 4.37. The van der Waals surface area contributed by atoms with Gasteiger partial charge in [0.05, 0.1) is 5.75 Å². The quantitative estimate of drug-likeness (QED) is 0.528. The van der Waals surface area contributed by atoms with Crippen molar-refractivity contribution in [1.82, 2.24) is 10.2 Å². The molecular formula is C21H23Cl3N2O2S. The number of hydrogen-bond donors (Lipinski definition) is 1. The van der Waals surface area contributed by atoms with Crippen molar-refractivity contribution in [3.05, 3.63) is 68.7 Å². The number of carbonyl (C=O) groups excluding carboxylic acids is 2. The summed E-state index contributed by atoms with van der Waals surface area (Å²) >= 11 is 19.9. The molecule has 2 rings (SSSR count). The average Bonchev–Trinajstić information content (AvgIpc) is 2.68. The van der Waals surface area contributed by atoms with E-state index >= 15 is 0 Å². The molecule has 0 aromatic heterocycles. The van der Waals surface area contributed by atoms with Crippen LogP contribution < -0.4 is 5.32 Å². The first-order valence-corrected chi connectivity index (χ1v) is 11.4. The van der Waals surface area contributed by atoms with Crippen molar-refractivity contribution in [1.29, 1.82) is 0 Å². The van der Waals surface area contributed by atoms with Gasteiger partial charge in [0, 0.05) is 33.9 Å². The summed E-state index contributed by atoms with van der Waals surface area (Å²) < 4.78 is 0. The third-order valence-electron chi connectivity index (χ3n) is 4.29. The molecule has 0 saturated carbocycles. The van der Waals surface area contributed by atoms with Gasteiger partial charge in [-0.25, -0.2) is 0 Å². The zero-order valence-corrected chi connectivity index (χ0v) is 19.3. The molecule has 0 aliphatic heterocycles. The molecule has 1 N–H and O–H groups in total. The van der Waals surface area contributed by atoms with Gasteiger partial charge in [-0.05, 0) is 49.2 Å². The summed E-state index contributed by atoms with van der Waals surface area (Å²) in [5, 5.41) is 4.51. The van der Waals surface area contributed by atoms with Crippen molar-refractivity contribution in [3.8, 4) is 0 Å². The SMILES string of the molecule is CCNC(=O)[C@H](C)N(Cc1cccc(Cl)c1)C(=O)CSCc1c(Cl)cccc1Cl. The summed E-state index contributed by atoms with van der Waals surface area (Å²) in [6.07, 6.45) is 0. The minimum atomic E-state index is -0.606. The van der Waals surface area contributed by atoms with E-state index in [-0.39, 0.29) is 17.6 Å². The van der Waals surface area contributed by atoms with E-state index in [9.17, 15) is 9.59 Å². The van der Waals surface area contributed by atoms with E-state index in [1.807, 2.05) is 19.1 Å². The van der Waals surface area contributed by atoms with E-state index in [0.717, 1.165) is 11.1 Å². The third kappa shape index (κ3) is 7.10. The summed E-state index contributed by atoms with van der Waals surface area (Å²) in [5.41, 5.74) is 1.66. The highest BCUT2D eigenvalue weighted by Crippen LogP contribution is 2.28. The number of nitrogens with one attached hydrogen (secondary N) is 1. The number of hydrogen-bond acceptors (Lipinski definition) is 3. The van der Waals surface area contributed by atoms with Crippen molar-refractivity contribution in [2.75, 3.05) is 12.3 Å². The van der Waals surface area contributed by atoms with E-state index < -0.39 is 6.04 Å². The molecule has 2 aromatic carbocycles. The minimum absolute atomic E-state index is 0.142. The van der Waals surface area contributed by atoms with Crippen LogP contribution in [0, 0.1) is 0 Å². The molecule has 0 spiro atoms. The maximum atomic E-state index is 13.0. The molecule has 0 radical (unpaired) electrons. The van der Waals surface area contributed by atoms with Crippen molar-refractivity contribution in [2.45, 2.75) is 32.2 Å². The molecule has 0 bridgehead atoms. The number of halogens is 3. The maximum absolute atomic E-state index is 13.0. The Morgan fingerprint density at radius 2 is 1.76 bits per heavy atom. The van der Waals surface area contributed by atoms with E-state index in [0.29, 0.717) is 33.9 Å². The molecule has 0 aliphatic rings. The van der Waals surface area contributed by atoms with E-state index in [4.69, 9.17) is 34.8 Å². The summed E-state index contributed by atoms with van der Waals surface area (Å²) in [7, 11) is 0. The van der Waals surface area contributed by atoms with E-state index in [1.165, 1.54) is 11.8 Å². The van der Waals surface area contributed by atoms with Crippen LogP contribution in [-0.4, -0.2) is 35.1 Å². The van der Waals surface area contributed by atoms with Crippen LogP contribution >= 0.6 is 46.6 Å². The molecule has 0 unspecified atom stereocenters. The summed E-state index contributed by atoms with van der Waals surface area (Å²) in [5.74, 6) is 0.371. The largest absolute Gasteiger partial charge is 0.355 e. The van der Waals surface area contributed by atoms with Crippen LogP contribution in [-0.2, 0) is 21.9 Å². The number of carbonyl (C=O) groups is 2. The molecule has 4 nitrogen and oxygen atoms in total. The molecule has 0 heterocycles. The summed E-state index contributed by atoms with van der Waals surface area (Å²) in [4.78, 5) is 26.9. The van der Waals surface area contributed by atoms with Crippen molar-refractivity contribution < 1.29 is 9.59 Å². The van der Waals surface area contributed by atoms with Gasteiger partial charge < -0.3 is 10.2 Å². The predicted molar refractivity (Wildman–Crippen MR) is 123 cm³/mol. The van der Waals surface area contributed by atoms with Crippen LogP contribution in [0.1, 0.15) is 25.0 Å². The second-order valence-electron chi connectivity index (χ2n) is 6.42. The molecule has 8 heteroatoms. The fraction of sp³-hybridized carbons (Fsp3) is 0.333. The van der Waals surface area contributed by atoms with Gasteiger partial charge in [0.1, 0.15) is 6.04 Å². The Bertz CT molecular complexity index is 843. The zero-order valence-electron chi connectivity index (χ0n) is 16.3. The molecule has 0 fully saturated rings. The second kappa shape index (κ2) is 11.7. The van der Waals surface area contributed by atoms with Crippen LogP contribution in [0.3, 0.4) is 0 Å². The standard InChI is InChI=1S/C21H23Cl3N2O2S/c1-3-25-21(28)14(2)26(11-15-6-4-7-16(22)10-15)20(27)13-29-12-17-18(23)8-5-9-19(17)24/h4-10,14H,3,11-13H2,1-2H3,(H,25,28)/t14-/m0/s1. The molecule has 2 aromatic rings. The first-order chi connectivity index (χ1) is 13.8. The fourth-order valence-electron chi connectivity index (χ4n) is 2.73. The Morgan fingerprint density at radius 1 is 1.10 bits per heavy atom. The lowest BCUT2D eigenvalue weighted by Gasteiger charge is -2.28. The average molecular weight is 474 g/mol. The van der Waals surface area contributed by atoms with Gasteiger partial charge in [-0.1, -0.05) is 53.0 Å². The number of nitrogens with zero attached hydrogens (tertiary/aromatic N) is 1. The molecule has 29 heavy (non-hydrogen) atoms. The Kier molecular flexibility index (Phi) is 9.63. The van der Waals surface area contributed by atoms with Gasteiger partial charge >= 0.3 is 0 Å². The molecule has 0 saturated heterocycles. The van der Waals surface area contributed by atoms with Crippen LogP contribution in [0.5, 0.6) is 0 Å². The van der Waals surface area contributed by atoms with Gasteiger partial charge in [0.15, 0.2) is 0 Å². The third-order valence-corrected chi connectivity index (χ3v) is 6.18. The highest BCUT2D eigenvalue weighted by Gasteiger charge is 2.25. The number of benzene rings is 2.